The molecule has 10 nitrogen and oxygen atoms in total. The van der Waals surface area contributed by atoms with Gasteiger partial charge in [-0.15, -0.1) is 0 Å². The number of unbranched alkanes of at least 4 members (excludes halogenated alkanes) is 4. The number of benzene rings is 1. The molecule has 2 aliphatic heterocycles. The summed E-state index contributed by atoms with van der Waals surface area (Å²) in [5.41, 5.74) is 15.3. The van der Waals surface area contributed by atoms with Crippen molar-refractivity contribution in [1.29, 1.82) is 0 Å². The van der Waals surface area contributed by atoms with Crippen molar-refractivity contribution in [2.75, 3.05) is 0 Å². The second-order valence-corrected chi connectivity index (χ2v) is 16.8. The largest absolute Gasteiger partial charge is 0.324 e. The number of aromatic amines is 2. The van der Waals surface area contributed by atoms with Crippen LogP contribution in [0, 0.1) is 0 Å². The van der Waals surface area contributed by atoms with Crippen LogP contribution in [-0.2, 0) is 38.8 Å². The number of hydrogen-bond acceptors (Lipinski definition) is 6. The monoisotopic (exact) mass is 798 g/mol. The number of H-pyrrole nitrogens is 2. The summed E-state index contributed by atoms with van der Waals surface area (Å²) in [6, 6.07) is 4.69. The van der Waals surface area contributed by atoms with Crippen molar-refractivity contribution in [3.05, 3.63) is 52.4 Å². The summed E-state index contributed by atoms with van der Waals surface area (Å²) in [5, 5.41) is 0. The molecule has 0 amide bonds. The Morgan fingerprint density at radius 2 is 0.881 bits per heavy atom. The minimum atomic E-state index is 0.702. The highest BCUT2D eigenvalue weighted by atomic mass is 15.1. The number of aryl methyl sites for hydroxylation is 6. The topological polar surface area (TPSA) is 118 Å². The van der Waals surface area contributed by atoms with Crippen LogP contribution in [-0.4, -0.2) is 44.4 Å². The van der Waals surface area contributed by atoms with Gasteiger partial charge in [0, 0.05) is 56.7 Å². The summed E-state index contributed by atoms with van der Waals surface area (Å²) >= 11 is 0. The molecule has 0 unspecified atom stereocenters. The van der Waals surface area contributed by atoms with E-state index in [-0.39, 0.29) is 0 Å². The fourth-order valence-electron chi connectivity index (χ4n) is 9.21. The molecule has 4 aromatic heterocycles. The maximum absolute atomic E-state index is 5.50. The fraction of sp³-hybridized carbons (Fsp3) is 0.571. The van der Waals surface area contributed by atoms with E-state index in [4.69, 9.17) is 29.9 Å². The highest BCUT2D eigenvalue weighted by Crippen LogP contribution is 2.39. The predicted molar refractivity (Wildman–Crippen MR) is 244 cm³/mol. The lowest BCUT2D eigenvalue weighted by Gasteiger charge is -2.05. The van der Waals surface area contributed by atoms with Gasteiger partial charge in [-0.2, -0.15) is 0 Å². The second kappa shape index (κ2) is 19.6. The predicted octanol–water partition coefficient (Wildman–Crippen LogP) is 12.2. The van der Waals surface area contributed by atoms with Gasteiger partial charge in [-0.25, -0.2) is 39.0 Å². The number of hydrogen-bond donors (Lipinski definition) is 2. The van der Waals surface area contributed by atoms with E-state index in [1.165, 1.54) is 70.1 Å². The highest BCUT2D eigenvalue weighted by molar-refractivity contribution is 5.93. The van der Waals surface area contributed by atoms with Crippen molar-refractivity contribution in [1.82, 2.24) is 44.4 Å². The van der Waals surface area contributed by atoms with E-state index in [2.05, 4.69) is 93.0 Å². The minimum Gasteiger partial charge on any atom is -0.324 e. The molecule has 1 aromatic carbocycles. The number of nitrogens with one attached hydrogen (secondary N) is 2. The molecule has 0 aliphatic carbocycles. The van der Waals surface area contributed by atoms with E-state index < -0.39 is 0 Å². The molecule has 2 N–H and O–H groups in total. The third kappa shape index (κ3) is 8.64. The summed E-state index contributed by atoms with van der Waals surface area (Å²) in [6.45, 7) is 20.0. The standard InChI is InChI=1S/C49H69N10/c1-9-17-19-27-58-31-59(28-20-18-10-2)41-30-39-38(29-40(41)58)48-55-46-36(25-15-7)34(23-13-5)44(53-46)51-42-32(21-11-3)33(22-12-4)43(50-42)52-45-35(24-14-6)37(26-16-8)47(54-45)56-49(39)57-48/h29-31H,9-28H2,1-8H3,(H2,50,51,52,53,54,55,56,57)/q+1. The van der Waals surface area contributed by atoms with Crippen molar-refractivity contribution in [3.8, 4) is 22.8 Å². The van der Waals surface area contributed by atoms with E-state index in [0.29, 0.717) is 11.6 Å². The van der Waals surface area contributed by atoms with Crippen LogP contribution in [0.2, 0.25) is 0 Å². The van der Waals surface area contributed by atoms with Crippen LogP contribution >= 0.6 is 0 Å². The van der Waals surface area contributed by atoms with Gasteiger partial charge in [-0.05, 0) is 64.2 Å². The van der Waals surface area contributed by atoms with Crippen molar-refractivity contribution in [2.24, 2.45) is 0 Å². The van der Waals surface area contributed by atoms with E-state index in [0.717, 1.165) is 148 Å². The zero-order chi connectivity index (χ0) is 41.5. The van der Waals surface area contributed by atoms with Gasteiger partial charge >= 0.3 is 0 Å². The molecule has 8 bridgehead atoms. The van der Waals surface area contributed by atoms with Crippen molar-refractivity contribution in [3.63, 3.8) is 0 Å². The molecule has 5 aromatic rings. The first-order chi connectivity index (χ1) is 28.9. The van der Waals surface area contributed by atoms with Gasteiger partial charge in [-0.1, -0.05) is 107 Å². The molecule has 0 spiro atoms. The normalized spacial score (nSPS) is 12.7. The third-order valence-corrected chi connectivity index (χ3v) is 12.0. The number of rotatable bonds is 20. The molecule has 0 atom stereocenters. The Bertz CT molecular complexity index is 2300. The zero-order valence-electron chi connectivity index (χ0n) is 37.5. The van der Waals surface area contributed by atoms with E-state index >= 15 is 0 Å². The third-order valence-electron chi connectivity index (χ3n) is 12.0. The number of nitrogens with zero attached hydrogens (tertiary/aromatic N) is 8. The summed E-state index contributed by atoms with van der Waals surface area (Å²) in [4.78, 5) is 40.1. The van der Waals surface area contributed by atoms with E-state index in [1.54, 1.807) is 0 Å². The Morgan fingerprint density at radius 1 is 0.458 bits per heavy atom. The molecule has 2 aliphatic rings. The molecule has 7 rings (SSSR count). The van der Waals surface area contributed by atoms with Gasteiger partial charge < -0.3 is 9.97 Å². The highest BCUT2D eigenvalue weighted by Gasteiger charge is 2.28. The first kappa shape index (κ1) is 42.4. The van der Waals surface area contributed by atoms with Crippen LogP contribution < -0.4 is 4.57 Å². The molecule has 314 valence electrons. The van der Waals surface area contributed by atoms with Crippen molar-refractivity contribution >= 4 is 44.8 Å². The number of aromatic nitrogens is 10. The number of allylic oxidation sites excluding steroid dienone is 2. The Balaban J connectivity index is 1.62. The first-order valence-electron chi connectivity index (χ1n) is 23.5. The Labute approximate surface area is 351 Å². The molecule has 0 fully saturated rings. The molecule has 59 heavy (non-hydrogen) atoms. The molecule has 6 heterocycles. The SMILES string of the molecule is CCCCCn1c[n+](CCCCC)c2cc3c(cc21)-c1nc-3nc2[nH]c(nc3nc(nc4[nH]c(n1)c(CCC)c4CCC)C(CCC)=C3CCC)c(CCC)c2CCC. The van der Waals surface area contributed by atoms with Crippen LogP contribution in [0.15, 0.2) is 18.5 Å². The molecular formula is C49H69N10+. The average molecular weight is 798 g/mol. The van der Waals surface area contributed by atoms with Gasteiger partial charge in [-0.3, -0.25) is 0 Å². The number of imidazole rings is 1. The molecule has 0 saturated heterocycles. The van der Waals surface area contributed by atoms with Crippen LogP contribution in [0.1, 0.15) is 179 Å². The quantitative estimate of drug-likeness (QED) is 0.0587. The molecular weight excluding hydrogens is 729 g/mol. The van der Waals surface area contributed by atoms with Crippen molar-refractivity contribution in [2.45, 2.75) is 184 Å². The summed E-state index contributed by atoms with van der Waals surface area (Å²) in [7, 11) is 0. The Morgan fingerprint density at radius 3 is 1.34 bits per heavy atom. The van der Waals surface area contributed by atoms with Crippen LogP contribution in [0.5, 0.6) is 0 Å². The van der Waals surface area contributed by atoms with Crippen LogP contribution in [0.25, 0.3) is 67.5 Å². The van der Waals surface area contributed by atoms with Crippen LogP contribution in [0.4, 0.5) is 0 Å². The lowest BCUT2D eigenvalue weighted by atomic mass is 10.0. The zero-order valence-corrected chi connectivity index (χ0v) is 37.5. The summed E-state index contributed by atoms with van der Waals surface area (Å²) < 4.78 is 4.92. The van der Waals surface area contributed by atoms with Gasteiger partial charge in [0.25, 0.3) is 0 Å². The van der Waals surface area contributed by atoms with Gasteiger partial charge in [0.2, 0.25) is 6.33 Å². The summed E-state index contributed by atoms with van der Waals surface area (Å²) in [5.74, 6) is 2.98. The Hall–Kier alpha value is -4.73. The van der Waals surface area contributed by atoms with Gasteiger partial charge in [0.05, 0.1) is 13.1 Å². The molecule has 0 saturated carbocycles. The first-order valence-corrected chi connectivity index (χ1v) is 23.5. The average Bonchev–Trinajstić information content (AvgIpc) is 4.00. The smallest absolute Gasteiger partial charge is 0.244 e. The van der Waals surface area contributed by atoms with Gasteiger partial charge in [0.1, 0.15) is 22.6 Å². The Kier molecular flexibility index (Phi) is 14.1. The van der Waals surface area contributed by atoms with Gasteiger partial charge in [0.15, 0.2) is 34.3 Å². The molecule has 10 heteroatoms. The molecule has 0 radical (unpaired) electrons. The lowest BCUT2D eigenvalue weighted by molar-refractivity contribution is -0.672. The van der Waals surface area contributed by atoms with E-state index in [9.17, 15) is 0 Å². The maximum atomic E-state index is 5.50. The number of fused-ring (bicyclic) bond motifs is 12. The maximum Gasteiger partial charge on any atom is 0.244 e. The minimum absolute atomic E-state index is 0.702. The second-order valence-electron chi connectivity index (χ2n) is 16.8. The van der Waals surface area contributed by atoms with Crippen molar-refractivity contribution < 1.29 is 4.57 Å². The summed E-state index contributed by atoms with van der Waals surface area (Å²) in [6.07, 6.45) is 21.0. The lowest BCUT2D eigenvalue weighted by Crippen LogP contribution is -2.32. The van der Waals surface area contributed by atoms with E-state index in [1.807, 2.05) is 0 Å². The van der Waals surface area contributed by atoms with Crippen LogP contribution in [0.3, 0.4) is 0 Å². The fourth-order valence-corrected chi connectivity index (χ4v) is 9.21.